The molecule has 1 aliphatic rings. The Morgan fingerprint density at radius 3 is 2.67 bits per heavy atom. The van der Waals surface area contributed by atoms with Crippen molar-refractivity contribution in [2.45, 2.75) is 33.1 Å². The summed E-state index contributed by atoms with van der Waals surface area (Å²) in [6.07, 6.45) is 0.626. The van der Waals surface area contributed by atoms with Crippen LogP contribution in [0.15, 0.2) is 33.4 Å². The van der Waals surface area contributed by atoms with Crippen LogP contribution in [0, 0.1) is 5.92 Å². The van der Waals surface area contributed by atoms with Crippen molar-refractivity contribution in [3.05, 3.63) is 51.2 Å². The molecule has 0 aliphatic carbocycles. The minimum atomic E-state index is -0.679. The first-order valence-electron chi connectivity index (χ1n) is 8.49. The lowest BCUT2D eigenvalue weighted by Gasteiger charge is -2.31. The van der Waals surface area contributed by atoms with Gasteiger partial charge in [0.1, 0.15) is 5.92 Å². The highest BCUT2D eigenvalue weighted by Crippen LogP contribution is 2.47. The number of carbonyl (C=O) groups is 1. The van der Waals surface area contributed by atoms with Gasteiger partial charge in [0.15, 0.2) is 5.82 Å². The summed E-state index contributed by atoms with van der Waals surface area (Å²) in [7, 11) is 1.35. The molecule has 2 atom stereocenters. The van der Waals surface area contributed by atoms with E-state index in [1.165, 1.54) is 7.11 Å². The number of ether oxygens (including phenoxy) is 1. The van der Waals surface area contributed by atoms with Gasteiger partial charge < -0.3 is 9.26 Å². The van der Waals surface area contributed by atoms with Crippen molar-refractivity contribution in [3.63, 3.8) is 0 Å². The molecule has 0 bridgehead atoms. The molecule has 27 heavy (non-hydrogen) atoms. The summed E-state index contributed by atoms with van der Waals surface area (Å²) in [6.45, 7) is 5.56. The first-order valence-corrected chi connectivity index (χ1v) is 9.25. The van der Waals surface area contributed by atoms with Crippen LogP contribution in [0.2, 0.25) is 10.0 Å². The molecule has 0 saturated carbocycles. The quantitative estimate of drug-likeness (QED) is 0.685. The number of hydrogen-bond acceptors (Lipinski definition) is 6. The number of allylic oxidation sites excluding steroid dienone is 2. The van der Waals surface area contributed by atoms with Crippen LogP contribution in [0.3, 0.4) is 0 Å². The van der Waals surface area contributed by atoms with Crippen LogP contribution < -0.4 is 0 Å². The van der Waals surface area contributed by atoms with Crippen molar-refractivity contribution >= 4 is 40.5 Å². The first kappa shape index (κ1) is 19.6. The smallest absolute Gasteiger partial charge is 0.315 e. The normalized spacial score (nSPS) is 19.9. The van der Waals surface area contributed by atoms with Crippen LogP contribution in [-0.2, 0) is 16.0 Å². The van der Waals surface area contributed by atoms with Crippen LogP contribution in [0.1, 0.15) is 44.0 Å². The number of aryl methyl sites for hydroxylation is 1. The molecule has 6 nitrogen and oxygen atoms in total. The van der Waals surface area contributed by atoms with E-state index in [1.54, 1.807) is 19.1 Å². The Morgan fingerprint density at radius 1 is 1.30 bits per heavy atom. The molecule has 142 valence electrons. The van der Waals surface area contributed by atoms with E-state index in [1.807, 2.05) is 19.9 Å². The predicted molar refractivity (Wildman–Crippen MR) is 104 cm³/mol. The van der Waals surface area contributed by atoms with Gasteiger partial charge in [0, 0.05) is 29.3 Å². The van der Waals surface area contributed by atoms with Crippen LogP contribution in [0.25, 0.3) is 5.57 Å². The summed E-state index contributed by atoms with van der Waals surface area (Å²) < 4.78 is 10.5. The molecule has 0 spiro atoms. The number of nitrogens with zero attached hydrogens (tertiary/aromatic N) is 3. The SMILES string of the molecule is CCc1noc(C2=C(C)N=C(C)C(C(=O)OC)C2c2cccc(Cl)c2Cl)n1. The van der Waals surface area contributed by atoms with Crippen molar-refractivity contribution in [1.29, 1.82) is 0 Å². The molecule has 8 heteroatoms. The zero-order valence-corrected chi connectivity index (χ0v) is 16.9. The molecule has 2 unspecified atom stereocenters. The molecule has 0 N–H and O–H groups in total. The molecular weight excluding hydrogens is 389 g/mol. The number of aliphatic imine (C=N–C) groups is 1. The van der Waals surface area contributed by atoms with Crippen molar-refractivity contribution in [2.75, 3.05) is 7.11 Å². The summed E-state index contributed by atoms with van der Waals surface area (Å²) in [4.78, 5) is 21.6. The maximum absolute atomic E-state index is 12.6. The Labute approximate surface area is 167 Å². The zero-order valence-electron chi connectivity index (χ0n) is 15.4. The van der Waals surface area contributed by atoms with E-state index in [-0.39, 0.29) is 0 Å². The molecule has 2 heterocycles. The van der Waals surface area contributed by atoms with E-state index >= 15 is 0 Å². The van der Waals surface area contributed by atoms with Crippen LogP contribution in [0.5, 0.6) is 0 Å². The van der Waals surface area contributed by atoms with E-state index in [9.17, 15) is 4.79 Å². The highest BCUT2D eigenvalue weighted by Gasteiger charge is 2.42. The maximum atomic E-state index is 12.6. The molecule has 3 rings (SSSR count). The molecule has 0 saturated heterocycles. The van der Waals surface area contributed by atoms with Crippen molar-refractivity contribution < 1.29 is 14.1 Å². The molecule has 1 aliphatic heterocycles. The monoisotopic (exact) mass is 407 g/mol. The summed E-state index contributed by atoms with van der Waals surface area (Å²) in [6, 6.07) is 5.32. The Morgan fingerprint density at radius 2 is 2.04 bits per heavy atom. The van der Waals surface area contributed by atoms with E-state index in [2.05, 4.69) is 15.1 Å². The fraction of sp³-hybridized carbons (Fsp3) is 0.368. The Kier molecular flexibility index (Phi) is 5.67. The average Bonchev–Trinajstić information content (AvgIpc) is 3.11. The van der Waals surface area contributed by atoms with E-state index in [0.29, 0.717) is 50.7 Å². The lowest BCUT2D eigenvalue weighted by molar-refractivity contribution is -0.143. The van der Waals surface area contributed by atoms with Gasteiger partial charge in [-0.1, -0.05) is 47.4 Å². The standard InChI is InChI=1S/C19H19Cl2N3O3/c1-5-13-23-18(27-24-13)14-9(2)22-10(3)15(19(25)26-4)16(14)11-7-6-8-12(20)17(11)21/h6-8,15-16H,5H2,1-4H3. The molecule has 2 aromatic rings. The largest absolute Gasteiger partial charge is 0.468 e. The Bertz CT molecular complexity index is 949. The molecule has 0 fully saturated rings. The third-order valence-corrected chi connectivity index (χ3v) is 5.45. The van der Waals surface area contributed by atoms with Gasteiger partial charge in [0.2, 0.25) is 0 Å². The van der Waals surface area contributed by atoms with Gasteiger partial charge >= 0.3 is 5.97 Å². The third-order valence-electron chi connectivity index (χ3n) is 4.61. The fourth-order valence-corrected chi connectivity index (χ4v) is 3.78. The van der Waals surface area contributed by atoms with Crippen LogP contribution >= 0.6 is 23.2 Å². The minimum absolute atomic E-state index is 0.315. The number of hydrogen-bond donors (Lipinski definition) is 0. The molecule has 1 aromatic heterocycles. The van der Waals surface area contributed by atoms with E-state index in [4.69, 9.17) is 32.5 Å². The summed E-state index contributed by atoms with van der Waals surface area (Å²) in [5, 5.41) is 4.74. The minimum Gasteiger partial charge on any atom is -0.468 e. The Hall–Kier alpha value is -2.18. The van der Waals surface area contributed by atoms with Gasteiger partial charge in [-0.15, -0.1) is 0 Å². The number of esters is 1. The molecule has 0 radical (unpaired) electrons. The van der Waals surface area contributed by atoms with Gasteiger partial charge in [-0.2, -0.15) is 4.98 Å². The number of carbonyl (C=O) groups excluding carboxylic acids is 1. The topological polar surface area (TPSA) is 77.6 Å². The number of benzene rings is 1. The number of rotatable bonds is 4. The van der Waals surface area contributed by atoms with Crippen molar-refractivity contribution in [2.24, 2.45) is 10.9 Å². The van der Waals surface area contributed by atoms with E-state index in [0.717, 1.165) is 0 Å². The highest BCUT2D eigenvalue weighted by molar-refractivity contribution is 6.42. The van der Waals surface area contributed by atoms with Gasteiger partial charge in [-0.25, -0.2) is 0 Å². The summed E-state index contributed by atoms with van der Waals surface area (Å²) in [5.74, 6) is -0.719. The van der Waals surface area contributed by atoms with Gasteiger partial charge in [-0.3, -0.25) is 9.79 Å². The van der Waals surface area contributed by atoms with Gasteiger partial charge in [0.25, 0.3) is 5.89 Å². The Balaban J connectivity index is 2.27. The van der Waals surface area contributed by atoms with Crippen molar-refractivity contribution in [3.8, 4) is 0 Å². The predicted octanol–water partition coefficient (Wildman–Crippen LogP) is 4.72. The lowest BCUT2D eigenvalue weighted by Crippen LogP contribution is -2.33. The second kappa shape index (κ2) is 7.82. The number of aromatic nitrogens is 2. The molecular formula is C19H19Cl2N3O3. The second-order valence-electron chi connectivity index (χ2n) is 6.24. The molecule has 1 aromatic carbocycles. The lowest BCUT2D eigenvalue weighted by atomic mass is 9.75. The molecule has 0 amide bonds. The fourth-order valence-electron chi connectivity index (χ4n) is 3.35. The number of halogens is 2. The van der Waals surface area contributed by atoms with Crippen LogP contribution in [-0.4, -0.2) is 28.9 Å². The second-order valence-corrected chi connectivity index (χ2v) is 7.03. The summed E-state index contributed by atoms with van der Waals surface area (Å²) >= 11 is 12.7. The average molecular weight is 408 g/mol. The zero-order chi connectivity index (χ0) is 19.7. The third kappa shape index (κ3) is 3.51. The van der Waals surface area contributed by atoms with Gasteiger partial charge in [0.05, 0.1) is 17.2 Å². The highest BCUT2D eigenvalue weighted by atomic mass is 35.5. The first-order chi connectivity index (χ1) is 12.9. The van der Waals surface area contributed by atoms with Crippen molar-refractivity contribution in [1.82, 2.24) is 10.1 Å². The van der Waals surface area contributed by atoms with E-state index < -0.39 is 17.8 Å². The van der Waals surface area contributed by atoms with Gasteiger partial charge in [-0.05, 0) is 25.5 Å². The van der Waals surface area contributed by atoms with Crippen LogP contribution in [0.4, 0.5) is 0 Å². The number of methoxy groups -OCH3 is 1. The summed E-state index contributed by atoms with van der Waals surface area (Å²) in [5.41, 5.74) is 2.63. The maximum Gasteiger partial charge on any atom is 0.315 e.